The lowest BCUT2D eigenvalue weighted by atomic mass is 10.4. The topological polar surface area (TPSA) is 68.0 Å². The smallest absolute Gasteiger partial charge is 0.281 e. The Bertz CT molecular complexity index is 882. The molecule has 1 fully saturated rings. The maximum Gasteiger partial charge on any atom is 0.281 e. The van der Waals surface area contributed by atoms with Gasteiger partial charge in [0, 0.05) is 32.7 Å². The Balaban J connectivity index is 2.23. The van der Waals surface area contributed by atoms with Crippen molar-refractivity contribution < 1.29 is 0 Å². The number of rotatable bonds is 4. The van der Waals surface area contributed by atoms with Crippen LogP contribution in [-0.4, -0.2) is 45.3 Å². The summed E-state index contributed by atoms with van der Waals surface area (Å²) >= 11 is 6.14. The molecular formula is C16H19ClN6O. The summed E-state index contributed by atoms with van der Waals surface area (Å²) < 4.78 is 3.22. The van der Waals surface area contributed by atoms with Crippen molar-refractivity contribution in [3.05, 3.63) is 28.3 Å². The summed E-state index contributed by atoms with van der Waals surface area (Å²) in [5.74, 6) is 6.60. The molecule has 0 aliphatic carbocycles. The van der Waals surface area contributed by atoms with Crippen LogP contribution in [0.1, 0.15) is 6.92 Å². The predicted molar refractivity (Wildman–Crippen MR) is 95.5 cm³/mol. The van der Waals surface area contributed by atoms with Gasteiger partial charge in [-0.15, -0.1) is 12.5 Å². The van der Waals surface area contributed by atoms with Gasteiger partial charge in [-0.1, -0.05) is 12.0 Å². The van der Waals surface area contributed by atoms with Crippen LogP contribution < -0.4 is 15.8 Å². The van der Waals surface area contributed by atoms with E-state index in [9.17, 15) is 4.79 Å². The standard InChI is InChI=1S/C16H19ClN6O/c1-3-5-9-22-12-13(19-15(17)23(8-4-2)14(12)24)20-16(22)21-10-6-18-7-11-21/h4,18H,2,6-11H2,1H3. The molecule has 2 aromatic heterocycles. The van der Waals surface area contributed by atoms with Gasteiger partial charge in [-0.25, -0.2) is 0 Å². The molecule has 1 aliphatic heterocycles. The van der Waals surface area contributed by atoms with Crippen molar-refractivity contribution in [2.45, 2.75) is 20.0 Å². The molecule has 0 atom stereocenters. The molecule has 24 heavy (non-hydrogen) atoms. The third-order valence-corrected chi connectivity index (χ3v) is 4.21. The lowest BCUT2D eigenvalue weighted by molar-refractivity contribution is 0.572. The van der Waals surface area contributed by atoms with E-state index in [1.54, 1.807) is 13.0 Å². The van der Waals surface area contributed by atoms with E-state index >= 15 is 0 Å². The van der Waals surface area contributed by atoms with Crippen molar-refractivity contribution in [3.63, 3.8) is 0 Å². The fraction of sp³-hybridized carbons (Fsp3) is 0.438. The van der Waals surface area contributed by atoms with E-state index < -0.39 is 0 Å². The number of aromatic nitrogens is 4. The Hall–Kier alpha value is -2.30. The van der Waals surface area contributed by atoms with Crippen molar-refractivity contribution in [2.75, 3.05) is 31.1 Å². The molecule has 1 aliphatic rings. The molecule has 7 nitrogen and oxygen atoms in total. The monoisotopic (exact) mass is 346 g/mol. The van der Waals surface area contributed by atoms with Gasteiger partial charge in [0.05, 0.1) is 6.54 Å². The van der Waals surface area contributed by atoms with Gasteiger partial charge in [-0.05, 0) is 18.5 Å². The highest BCUT2D eigenvalue weighted by Crippen LogP contribution is 2.21. The van der Waals surface area contributed by atoms with Crippen LogP contribution in [0.4, 0.5) is 5.95 Å². The number of hydrogen-bond donors (Lipinski definition) is 1. The largest absolute Gasteiger partial charge is 0.340 e. The molecule has 0 unspecified atom stereocenters. The van der Waals surface area contributed by atoms with E-state index in [4.69, 9.17) is 11.6 Å². The summed E-state index contributed by atoms with van der Waals surface area (Å²) in [6.45, 7) is 9.50. The molecule has 3 heterocycles. The van der Waals surface area contributed by atoms with E-state index in [1.165, 1.54) is 4.57 Å². The number of hydrogen-bond acceptors (Lipinski definition) is 5. The van der Waals surface area contributed by atoms with Gasteiger partial charge in [0.15, 0.2) is 11.2 Å². The number of halogens is 1. The number of nitrogens with one attached hydrogen (secondary N) is 1. The normalized spacial score (nSPS) is 14.5. The van der Waals surface area contributed by atoms with Crippen LogP contribution in [-0.2, 0) is 13.1 Å². The number of fused-ring (bicyclic) bond motifs is 1. The predicted octanol–water partition coefficient (Wildman–Crippen LogP) is 0.865. The second kappa shape index (κ2) is 7.07. The van der Waals surface area contributed by atoms with Crippen LogP contribution in [0.15, 0.2) is 17.4 Å². The zero-order valence-corrected chi connectivity index (χ0v) is 14.3. The number of allylic oxidation sites excluding steroid dienone is 1. The maximum absolute atomic E-state index is 12.9. The first-order valence-corrected chi connectivity index (χ1v) is 8.18. The molecule has 1 saturated heterocycles. The lowest BCUT2D eigenvalue weighted by Gasteiger charge is -2.28. The third-order valence-electron chi connectivity index (χ3n) is 3.92. The fourth-order valence-corrected chi connectivity index (χ4v) is 3.00. The van der Waals surface area contributed by atoms with Gasteiger partial charge in [0.25, 0.3) is 5.56 Å². The highest BCUT2D eigenvalue weighted by Gasteiger charge is 2.22. The molecular weight excluding hydrogens is 328 g/mol. The summed E-state index contributed by atoms with van der Waals surface area (Å²) in [6.07, 6.45) is 1.62. The quantitative estimate of drug-likeness (QED) is 0.505. The number of anilines is 1. The van der Waals surface area contributed by atoms with Crippen molar-refractivity contribution in [3.8, 4) is 11.8 Å². The minimum absolute atomic E-state index is 0.116. The van der Waals surface area contributed by atoms with Crippen LogP contribution in [0.3, 0.4) is 0 Å². The minimum atomic E-state index is -0.225. The molecule has 2 aromatic rings. The van der Waals surface area contributed by atoms with E-state index in [1.807, 2.05) is 4.57 Å². The lowest BCUT2D eigenvalue weighted by Crippen LogP contribution is -2.44. The maximum atomic E-state index is 12.9. The molecule has 0 bridgehead atoms. The summed E-state index contributed by atoms with van der Waals surface area (Å²) in [6, 6.07) is 0. The summed E-state index contributed by atoms with van der Waals surface area (Å²) in [5.41, 5.74) is 0.561. The Morgan fingerprint density at radius 3 is 2.75 bits per heavy atom. The van der Waals surface area contributed by atoms with Crippen molar-refractivity contribution in [1.29, 1.82) is 0 Å². The summed E-state index contributed by atoms with van der Waals surface area (Å²) in [4.78, 5) is 23.9. The molecule has 3 rings (SSSR count). The van der Waals surface area contributed by atoms with Gasteiger partial charge in [0.2, 0.25) is 11.2 Å². The number of nitrogens with zero attached hydrogens (tertiary/aromatic N) is 5. The molecule has 0 spiro atoms. The Morgan fingerprint density at radius 2 is 2.08 bits per heavy atom. The Morgan fingerprint density at radius 1 is 1.33 bits per heavy atom. The first-order valence-electron chi connectivity index (χ1n) is 7.80. The zero-order chi connectivity index (χ0) is 17.1. The highest BCUT2D eigenvalue weighted by molar-refractivity contribution is 6.28. The first kappa shape index (κ1) is 16.6. The van der Waals surface area contributed by atoms with Crippen LogP contribution in [0.25, 0.3) is 11.2 Å². The molecule has 0 saturated carbocycles. The van der Waals surface area contributed by atoms with Gasteiger partial charge >= 0.3 is 0 Å². The van der Waals surface area contributed by atoms with Crippen molar-refractivity contribution >= 4 is 28.7 Å². The fourth-order valence-electron chi connectivity index (χ4n) is 2.78. The van der Waals surface area contributed by atoms with E-state index in [2.05, 4.69) is 38.6 Å². The molecule has 0 radical (unpaired) electrons. The van der Waals surface area contributed by atoms with Crippen LogP contribution in [0, 0.1) is 11.8 Å². The van der Waals surface area contributed by atoms with Gasteiger partial charge in [-0.3, -0.25) is 13.9 Å². The number of piperazine rings is 1. The molecule has 0 aromatic carbocycles. The highest BCUT2D eigenvalue weighted by atomic mass is 35.5. The van der Waals surface area contributed by atoms with Gasteiger partial charge in [0.1, 0.15) is 0 Å². The first-order chi connectivity index (χ1) is 11.7. The molecule has 1 N–H and O–H groups in total. The van der Waals surface area contributed by atoms with Crippen LogP contribution in [0.2, 0.25) is 5.28 Å². The summed E-state index contributed by atoms with van der Waals surface area (Å²) in [5, 5.41) is 3.42. The Kier molecular flexibility index (Phi) is 4.88. The second-order valence-electron chi connectivity index (χ2n) is 5.42. The van der Waals surface area contributed by atoms with Gasteiger partial charge in [-0.2, -0.15) is 9.97 Å². The average molecular weight is 347 g/mol. The van der Waals surface area contributed by atoms with Crippen LogP contribution >= 0.6 is 11.6 Å². The number of imidazole rings is 1. The van der Waals surface area contributed by atoms with Gasteiger partial charge < -0.3 is 10.2 Å². The molecule has 8 heteroatoms. The average Bonchev–Trinajstić information content (AvgIpc) is 2.96. The summed E-state index contributed by atoms with van der Waals surface area (Å²) in [7, 11) is 0. The molecule has 0 amide bonds. The van der Waals surface area contributed by atoms with E-state index in [-0.39, 0.29) is 10.8 Å². The molecule has 126 valence electrons. The Labute approximate surface area is 144 Å². The SMILES string of the molecule is C=CCn1c(Cl)nc2nc(N3CCNCC3)n(CC#CC)c2c1=O. The third kappa shape index (κ3) is 2.90. The zero-order valence-electron chi connectivity index (χ0n) is 13.5. The van der Waals surface area contributed by atoms with Crippen molar-refractivity contribution in [1.82, 2.24) is 24.4 Å². The second-order valence-corrected chi connectivity index (χ2v) is 5.76. The van der Waals surface area contributed by atoms with Crippen molar-refractivity contribution in [2.24, 2.45) is 0 Å². The van der Waals surface area contributed by atoms with E-state index in [0.717, 1.165) is 26.2 Å². The van der Waals surface area contributed by atoms with Crippen LogP contribution in [0.5, 0.6) is 0 Å². The minimum Gasteiger partial charge on any atom is -0.340 e. The van der Waals surface area contributed by atoms with E-state index in [0.29, 0.717) is 30.2 Å².